The molecule has 0 saturated heterocycles. The zero-order valence-electron chi connectivity index (χ0n) is 10.3. The van der Waals surface area contributed by atoms with Crippen molar-refractivity contribution >= 4 is 26.8 Å². The van der Waals surface area contributed by atoms with Crippen LogP contribution in [0.2, 0.25) is 0 Å². The molecule has 1 aromatic rings. The van der Waals surface area contributed by atoms with Crippen LogP contribution in [-0.2, 0) is 25.6 Å². The maximum atomic E-state index is 11.9. The smallest absolute Gasteiger partial charge is 0.321 e. The molecule has 0 fully saturated rings. The summed E-state index contributed by atoms with van der Waals surface area (Å²) in [6, 6.07) is 6.22. The third kappa shape index (κ3) is 5.09. The van der Waals surface area contributed by atoms with E-state index in [4.69, 9.17) is 5.11 Å². The summed E-state index contributed by atoms with van der Waals surface area (Å²) in [6.45, 7) is 0. The van der Waals surface area contributed by atoms with Crippen LogP contribution >= 0.6 is 0 Å². The van der Waals surface area contributed by atoms with Crippen molar-refractivity contribution in [3.63, 3.8) is 0 Å². The summed E-state index contributed by atoms with van der Waals surface area (Å²) in [7, 11) is -5.06. The lowest BCUT2D eigenvalue weighted by molar-refractivity contribution is -0.139. The molecule has 0 unspecified atom stereocenters. The van der Waals surface area contributed by atoms with Crippen molar-refractivity contribution < 1.29 is 22.5 Å². The number of aliphatic carboxylic acids is 1. The minimum atomic E-state index is -3.88. The highest BCUT2D eigenvalue weighted by Gasteiger charge is 2.25. The van der Waals surface area contributed by atoms with Crippen molar-refractivity contribution in [3.8, 4) is 0 Å². The number of carboxylic acids is 1. The Morgan fingerprint density at radius 2 is 1.95 bits per heavy atom. The summed E-state index contributed by atoms with van der Waals surface area (Å²) < 4.78 is 36.9. The summed E-state index contributed by atoms with van der Waals surface area (Å²) in [4.78, 5) is 11.0. The SMILES string of the molecule is C[S@@](=O)CC[C@@H](NS(=O)(=O)c1ccccc1)C(=O)O. The van der Waals surface area contributed by atoms with Crippen LogP contribution < -0.4 is 4.72 Å². The lowest BCUT2D eigenvalue weighted by Crippen LogP contribution is -2.41. The molecule has 1 rings (SSSR count). The second-order valence-electron chi connectivity index (χ2n) is 3.89. The number of rotatable bonds is 7. The van der Waals surface area contributed by atoms with Gasteiger partial charge in [-0.2, -0.15) is 4.72 Å². The van der Waals surface area contributed by atoms with Crippen molar-refractivity contribution in [2.45, 2.75) is 17.4 Å². The number of nitrogens with one attached hydrogen (secondary N) is 1. The molecule has 0 heterocycles. The van der Waals surface area contributed by atoms with E-state index >= 15 is 0 Å². The Labute approximate surface area is 114 Å². The molecule has 1 aromatic carbocycles. The van der Waals surface area contributed by atoms with Gasteiger partial charge in [-0.1, -0.05) is 18.2 Å². The Morgan fingerprint density at radius 1 is 1.37 bits per heavy atom. The Hall–Kier alpha value is -1.25. The monoisotopic (exact) mass is 305 g/mol. The van der Waals surface area contributed by atoms with E-state index in [1.165, 1.54) is 18.4 Å². The molecule has 0 aromatic heterocycles. The van der Waals surface area contributed by atoms with Crippen LogP contribution in [0.5, 0.6) is 0 Å². The van der Waals surface area contributed by atoms with Gasteiger partial charge in [0.2, 0.25) is 10.0 Å². The lowest BCUT2D eigenvalue weighted by Gasteiger charge is -2.14. The molecular weight excluding hydrogens is 290 g/mol. The standard InChI is InChI=1S/C11H15NO5S2/c1-18(15)8-7-10(11(13)14)12-19(16,17)9-5-3-2-4-6-9/h2-6,10,12H,7-8H2,1H3,(H,13,14)/t10-,18-/m1/s1. The van der Waals surface area contributed by atoms with Crippen molar-refractivity contribution in [1.29, 1.82) is 0 Å². The van der Waals surface area contributed by atoms with E-state index in [0.29, 0.717) is 0 Å². The highest BCUT2D eigenvalue weighted by Crippen LogP contribution is 2.09. The minimum Gasteiger partial charge on any atom is -0.480 e. The van der Waals surface area contributed by atoms with E-state index < -0.39 is 32.8 Å². The lowest BCUT2D eigenvalue weighted by atomic mass is 10.2. The highest BCUT2D eigenvalue weighted by atomic mass is 32.2. The van der Waals surface area contributed by atoms with Crippen LogP contribution in [0.1, 0.15) is 6.42 Å². The number of benzene rings is 1. The normalized spacial score (nSPS) is 14.8. The molecule has 0 amide bonds. The van der Waals surface area contributed by atoms with Gasteiger partial charge < -0.3 is 5.11 Å². The van der Waals surface area contributed by atoms with Gasteiger partial charge in [0, 0.05) is 22.8 Å². The van der Waals surface area contributed by atoms with Gasteiger partial charge in [0.05, 0.1) is 4.90 Å². The Kier molecular flexibility index (Phi) is 5.64. The molecule has 0 bridgehead atoms. The quantitative estimate of drug-likeness (QED) is 0.749. The molecule has 0 aliphatic carbocycles. The predicted octanol–water partition coefficient (Wildman–Crippen LogP) is 0.187. The second-order valence-corrected chi connectivity index (χ2v) is 7.16. The fraction of sp³-hybridized carbons (Fsp3) is 0.364. The van der Waals surface area contributed by atoms with Crippen LogP contribution in [0, 0.1) is 0 Å². The van der Waals surface area contributed by atoms with E-state index in [-0.39, 0.29) is 17.1 Å². The summed E-state index contributed by atoms with van der Waals surface area (Å²) in [5.41, 5.74) is 0. The molecule has 106 valence electrons. The molecule has 8 heteroatoms. The van der Waals surface area contributed by atoms with Crippen LogP contribution in [0.4, 0.5) is 0 Å². The van der Waals surface area contributed by atoms with Crippen molar-refractivity contribution in [2.24, 2.45) is 0 Å². The van der Waals surface area contributed by atoms with Crippen molar-refractivity contribution in [2.75, 3.05) is 12.0 Å². The number of sulfonamides is 1. The zero-order valence-corrected chi connectivity index (χ0v) is 11.9. The number of hydrogen-bond donors (Lipinski definition) is 2. The largest absolute Gasteiger partial charge is 0.480 e. The molecule has 0 saturated carbocycles. The maximum absolute atomic E-state index is 11.9. The van der Waals surface area contributed by atoms with Gasteiger partial charge >= 0.3 is 5.97 Å². The topological polar surface area (TPSA) is 101 Å². The average molecular weight is 305 g/mol. The summed E-state index contributed by atoms with van der Waals surface area (Å²) >= 11 is 0. The number of carbonyl (C=O) groups is 1. The summed E-state index contributed by atoms with van der Waals surface area (Å²) in [5, 5.41) is 8.97. The summed E-state index contributed by atoms with van der Waals surface area (Å²) in [5.74, 6) is -1.17. The maximum Gasteiger partial charge on any atom is 0.321 e. The predicted molar refractivity (Wildman–Crippen MR) is 71.7 cm³/mol. The molecule has 0 radical (unpaired) electrons. The average Bonchev–Trinajstić information content (AvgIpc) is 2.35. The number of hydrogen-bond acceptors (Lipinski definition) is 4. The van der Waals surface area contributed by atoms with Crippen LogP contribution in [-0.4, -0.2) is 41.8 Å². The molecule has 2 atom stereocenters. The first kappa shape index (κ1) is 15.8. The van der Waals surface area contributed by atoms with Gasteiger partial charge in [0.25, 0.3) is 0 Å². The van der Waals surface area contributed by atoms with Crippen LogP contribution in [0.3, 0.4) is 0 Å². The fourth-order valence-electron chi connectivity index (χ4n) is 1.37. The van der Waals surface area contributed by atoms with E-state index in [0.717, 1.165) is 0 Å². The van der Waals surface area contributed by atoms with E-state index in [1.54, 1.807) is 18.2 Å². The van der Waals surface area contributed by atoms with Crippen molar-refractivity contribution in [1.82, 2.24) is 4.72 Å². The van der Waals surface area contributed by atoms with E-state index in [2.05, 4.69) is 4.72 Å². The van der Waals surface area contributed by atoms with Gasteiger partial charge in [-0.05, 0) is 18.6 Å². The van der Waals surface area contributed by atoms with Crippen LogP contribution in [0.15, 0.2) is 35.2 Å². The zero-order chi connectivity index (χ0) is 14.5. The van der Waals surface area contributed by atoms with Gasteiger partial charge in [-0.25, -0.2) is 8.42 Å². The van der Waals surface area contributed by atoms with E-state index in [1.807, 2.05) is 0 Å². The minimum absolute atomic E-state index is 0.00105. The molecular formula is C11H15NO5S2. The Morgan fingerprint density at radius 3 is 2.42 bits per heavy atom. The van der Waals surface area contributed by atoms with Gasteiger partial charge in [0.15, 0.2) is 0 Å². The molecule has 2 N–H and O–H groups in total. The van der Waals surface area contributed by atoms with E-state index in [9.17, 15) is 17.4 Å². The first-order valence-corrected chi connectivity index (χ1v) is 8.64. The second kappa shape index (κ2) is 6.78. The number of carboxylic acid groups (broad SMARTS) is 1. The van der Waals surface area contributed by atoms with Crippen molar-refractivity contribution in [3.05, 3.63) is 30.3 Å². The van der Waals surface area contributed by atoms with Gasteiger partial charge in [-0.3, -0.25) is 9.00 Å². The Bertz CT molecular complexity index is 556. The highest BCUT2D eigenvalue weighted by molar-refractivity contribution is 7.89. The van der Waals surface area contributed by atoms with Gasteiger partial charge in [-0.15, -0.1) is 0 Å². The third-order valence-electron chi connectivity index (χ3n) is 2.34. The Balaban J connectivity index is 2.84. The molecule has 6 nitrogen and oxygen atoms in total. The fourth-order valence-corrected chi connectivity index (χ4v) is 3.18. The van der Waals surface area contributed by atoms with Gasteiger partial charge in [0.1, 0.15) is 6.04 Å². The summed E-state index contributed by atoms with van der Waals surface area (Å²) in [6.07, 6.45) is 1.41. The molecule has 0 aliphatic heterocycles. The molecule has 0 aliphatic rings. The first-order valence-electron chi connectivity index (χ1n) is 5.43. The van der Waals surface area contributed by atoms with Crippen LogP contribution in [0.25, 0.3) is 0 Å². The third-order valence-corrected chi connectivity index (χ3v) is 4.64. The first-order chi connectivity index (χ1) is 8.83. The molecule has 0 spiro atoms. The molecule has 19 heavy (non-hydrogen) atoms.